The van der Waals surface area contributed by atoms with Crippen molar-refractivity contribution >= 4 is 23.0 Å². The van der Waals surface area contributed by atoms with Gasteiger partial charge in [0.15, 0.2) is 5.65 Å². The average Bonchev–Trinajstić information content (AvgIpc) is 2.65. The van der Waals surface area contributed by atoms with Crippen LogP contribution in [-0.2, 0) is 4.79 Å². The van der Waals surface area contributed by atoms with Gasteiger partial charge < -0.3 is 11.1 Å². The number of nitrogens with zero attached hydrogens (tertiary/aromatic N) is 3. The number of anilines is 1. The monoisotopic (exact) mass is 245 g/mol. The summed E-state index contributed by atoms with van der Waals surface area (Å²) in [6.45, 7) is 2.56. The van der Waals surface area contributed by atoms with E-state index in [1.165, 1.54) is 0 Å². The number of piperidine rings is 1. The van der Waals surface area contributed by atoms with Gasteiger partial charge in [-0.25, -0.2) is 9.97 Å². The van der Waals surface area contributed by atoms with Gasteiger partial charge >= 0.3 is 0 Å². The van der Waals surface area contributed by atoms with Gasteiger partial charge in [0.25, 0.3) is 0 Å². The number of hydrogen-bond acceptors (Lipinski definition) is 4. The van der Waals surface area contributed by atoms with Gasteiger partial charge in [0, 0.05) is 19.2 Å². The highest BCUT2D eigenvalue weighted by molar-refractivity contribution is 5.78. The van der Waals surface area contributed by atoms with Crippen LogP contribution in [0.3, 0.4) is 0 Å². The fourth-order valence-corrected chi connectivity index (χ4v) is 2.40. The van der Waals surface area contributed by atoms with E-state index in [2.05, 4.69) is 15.3 Å². The maximum absolute atomic E-state index is 11.2. The Morgan fingerprint density at radius 2 is 2.39 bits per heavy atom. The Morgan fingerprint density at radius 1 is 1.56 bits per heavy atom. The number of amides is 1. The first kappa shape index (κ1) is 11.0. The first-order valence-electron chi connectivity index (χ1n) is 6.02. The molecule has 3 rings (SSSR count). The number of fused-ring (bicyclic) bond motifs is 1. The lowest BCUT2D eigenvalue weighted by Gasteiger charge is -2.24. The minimum absolute atomic E-state index is 0.0954. The molecule has 1 saturated heterocycles. The molecule has 0 bridgehead atoms. The van der Waals surface area contributed by atoms with E-state index in [0.717, 1.165) is 23.1 Å². The van der Waals surface area contributed by atoms with Gasteiger partial charge in [-0.2, -0.15) is 0 Å². The summed E-state index contributed by atoms with van der Waals surface area (Å²) in [6, 6.07) is 2.11. The molecule has 0 radical (unpaired) electrons. The molecule has 0 aromatic carbocycles. The smallest absolute Gasteiger partial charge is 0.220 e. The molecule has 1 fully saturated rings. The normalized spacial score (nSPS) is 20.1. The summed E-state index contributed by atoms with van der Waals surface area (Å²) < 4.78 is 1.92. The SMILES string of the molecule is Cc1cnc2c(c1)nc(N)n2C1CCC(=O)NC1. The van der Waals surface area contributed by atoms with Crippen molar-refractivity contribution in [2.45, 2.75) is 25.8 Å². The summed E-state index contributed by atoms with van der Waals surface area (Å²) in [5.41, 5.74) is 8.63. The Bertz CT molecular complexity index is 608. The molecule has 1 aliphatic rings. The molecule has 2 aromatic rings. The third-order valence-electron chi connectivity index (χ3n) is 3.30. The lowest BCUT2D eigenvalue weighted by Crippen LogP contribution is -2.36. The number of nitrogens with one attached hydrogen (secondary N) is 1. The van der Waals surface area contributed by atoms with Crippen molar-refractivity contribution in [2.75, 3.05) is 12.3 Å². The molecule has 0 spiro atoms. The van der Waals surface area contributed by atoms with Crippen molar-refractivity contribution in [1.29, 1.82) is 0 Å². The quantitative estimate of drug-likeness (QED) is 0.777. The van der Waals surface area contributed by atoms with Crippen LogP contribution >= 0.6 is 0 Å². The van der Waals surface area contributed by atoms with Crippen LogP contribution in [0.5, 0.6) is 0 Å². The second kappa shape index (κ2) is 3.97. The summed E-state index contributed by atoms with van der Waals surface area (Å²) in [7, 11) is 0. The molecule has 6 nitrogen and oxygen atoms in total. The Balaban J connectivity index is 2.05. The fourth-order valence-electron chi connectivity index (χ4n) is 2.40. The molecule has 1 unspecified atom stereocenters. The zero-order chi connectivity index (χ0) is 12.7. The molecule has 0 aliphatic carbocycles. The summed E-state index contributed by atoms with van der Waals surface area (Å²) >= 11 is 0. The Labute approximate surface area is 104 Å². The van der Waals surface area contributed by atoms with Crippen molar-refractivity contribution in [3.8, 4) is 0 Å². The molecule has 6 heteroatoms. The van der Waals surface area contributed by atoms with Crippen LogP contribution in [0.4, 0.5) is 5.95 Å². The largest absolute Gasteiger partial charge is 0.369 e. The van der Waals surface area contributed by atoms with Gasteiger partial charge in [-0.05, 0) is 25.0 Å². The molecule has 18 heavy (non-hydrogen) atoms. The minimum Gasteiger partial charge on any atom is -0.369 e. The zero-order valence-corrected chi connectivity index (χ0v) is 10.2. The highest BCUT2D eigenvalue weighted by atomic mass is 16.1. The third-order valence-corrected chi connectivity index (χ3v) is 3.30. The highest BCUT2D eigenvalue weighted by Crippen LogP contribution is 2.25. The van der Waals surface area contributed by atoms with Gasteiger partial charge in [-0.15, -0.1) is 0 Å². The van der Waals surface area contributed by atoms with E-state index in [4.69, 9.17) is 5.73 Å². The van der Waals surface area contributed by atoms with Crippen LogP contribution in [-0.4, -0.2) is 27.0 Å². The van der Waals surface area contributed by atoms with Crippen LogP contribution in [0, 0.1) is 6.92 Å². The first-order valence-corrected chi connectivity index (χ1v) is 6.02. The summed E-state index contributed by atoms with van der Waals surface area (Å²) in [5.74, 6) is 0.558. The van der Waals surface area contributed by atoms with Crippen molar-refractivity contribution < 1.29 is 4.79 Å². The minimum atomic E-state index is 0.0954. The van der Waals surface area contributed by atoms with Gasteiger partial charge in [-0.1, -0.05) is 0 Å². The molecule has 1 amide bonds. The molecule has 1 aliphatic heterocycles. The topological polar surface area (TPSA) is 85.8 Å². The number of pyridine rings is 1. The van der Waals surface area contributed by atoms with E-state index in [0.29, 0.717) is 18.9 Å². The van der Waals surface area contributed by atoms with E-state index in [1.807, 2.05) is 17.6 Å². The molecule has 94 valence electrons. The molecular formula is C12H15N5O. The molecule has 1 atom stereocenters. The van der Waals surface area contributed by atoms with Crippen molar-refractivity contribution in [1.82, 2.24) is 19.9 Å². The number of nitrogens with two attached hydrogens (primary N) is 1. The van der Waals surface area contributed by atoms with Crippen molar-refractivity contribution in [3.05, 3.63) is 17.8 Å². The number of imidazole rings is 1. The Hall–Kier alpha value is -2.11. The number of carbonyl (C=O) groups is 1. The Morgan fingerprint density at radius 3 is 3.11 bits per heavy atom. The van der Waals surface area contributed by atoms with Crippen LogP contribution in [0.2, 0.25) is 0 Å². The second-order valence-electron chi connectivity index (χ2n) is 4.69. The fraction of sp³-hybridized carbons (Fsp3) is 0.417. The first-order chi connectivity index (χ1) is 8.65. The predicted octanol–water partition coefficient (Wildman–Crippen LogP) is 0.773. The number of carbonyl (C=O) groups excluding carboxylic acids is 1. The van der Waals surface area contributed by atoms with Crippen LogP contribution in [0.25, 0.3) is 11.2 Å². The standard InChI is InChI=1S/C12H15N5O/c1-7-4-9-11(15-5-7)17(12(13)16-9)8-2-3-10(18)14-6-8/h4-5,8H,2-3,6H2,1H3,(H2,13,16)(H,14,18). The lowest BCUT2D eigenvalue weighted by molar-refractivity contribution is -0.122. The van der Waals surface area contributed by atoms with Crippen LogP contribution < -0.4 is 11.1 Å². The maximum Gasteiger partial charge on any atom is 0.220 e. The van der Waals surface area contributed by atoms with E-state index in [-0.39, 0.29) is 11.9 Å². The predicted molar refractivity (Wildman–Crippen MR) is 68.0 cm³/mol. The van der Waals surface area contributed by atoms with Gasteiger partial charge in [0.1, 0.15) is 5.52 Å². The van der Waals surface area contributed by atoms with Crippen molar-refractivity contribution in [2.24, 2.45) is 0 Å². The van der Waals surface area contributed by atoms with Crippen LogP contribution in [0.15, 0.2) is 12.3 Å². The number of hydrogen-bond donors (Lipinski definition) is 2. The summed E-state index contributed by atoms with van der Waals surface area (Å²) in [4.78, 5) is 19.9. The lowest BCUT2D eigenvalue weighted by atomic mass is 10.1. The average molecular weight is 245 g/mol. The van der Waals surface area contributed by atoms with Crippen molar-refractivity contribution in [3.63, 3.8) is 0 Å². The second-order valence-corrected chi connectivity index (χ2v) is 4.69. The highest BCUT2D eigenvalue weighted by Gasteiger charge is 2.23. The number of rotatable bonds is 1. The summed E-state index contributed by atoms with van der Waals surface area (Å²) in [5, 5.41) is 2.85. The van der Waals surface area contributed by atoms with E-state index >= 15 is 0 Å². The van der Waals surface area contributed by atoms with E-state index < -0.39 is 0 Å². The molecule has 3 heterocycles. The molecule has 3 N–H and O–H groups in total. The zero-order valence-electron chi connectivity index (χ0n) is 10.2. The molecular weight excluding hydrogens is 230 g/mol. The number of nitrogen functional groups attached to an aromatic ring is 1. The van der Waals surface area contributed by atoms with Crippen LogP contribution in [0.1, 0.15) is 24.4 Å². The van der Waals surface area contributed by atoms with Gasteiger partial charge in [0.05, 0.1) is 6.04 Å². The Kier molecular flexibility index (Phi) is 2.43. The van der Waals surface area contributed by atoms with E-state index in [9.17, 15) is 4.79 Å². The molecule has 2 aromatic heterocycles. The maximum atomic E-state index is 11.2. The molecule has 0 saturated carbocycles. The third kappa shape index (κ3) is 1.70. The number of aromatic nitrogens is 3. The van der Waals surface area contributed by atoms with E-state index in [1.54, 1.807) is 6.20 Å². The van der Waals surface area contributed by atoms with Gasteiger partial charge in [-0.3, -0.25) is 9.36 Å². The summed E-state index contributed by atoms with van der Waals surface area (Å²) in [6.07, 6.45) is 3.11. The van der Waals surface area contributed by atoms with Gasteiger partial charge in [0.2, 0.25) is 11.9 Å². The number of aryl methyl sites for hydroxylation is 1.